The molecule has 0 rings (SSSR count). The van der Waals surface area contributed by atoms with Crippen molar-refractivity contribution in [2.75, 3.05) is 19.8 Å². The van der Waals surface area contributed by atoms with Crippen LogP contribution in [-0.4, -0.2) is 50.5 Å². The van der Waals surface area contributed by atoms with Crippen molar-refractivity contribution in [3.63, 3.8) is 0 Å². The molecule has 6 heteroatoms. The quantitative estimate of drug-likeness (QED) is 0.233. The first-order valence-electron chi connectivity index (χ1n) is 11.4. The maximum atomic E-state index is 4.99. The van der Waals surface area contributed by atoms with Crippen LogP contribution in [0.5, 0.6) is 0 Å². The standard InChI is InChI=1S/C16H39NSi2.C4H12O2Si/c1-8-15-16-17(18(9-2,10-3)11-4)19(12-5,13-6)14-7;1-3-5-7-6-4-2/h8-16H2,1-7H3;3-4,7H2,1-2H3. The lowest BCUT2D eigenvalue weighted by Gasteiger charge is -2.52. The second kappa shape index (κ2) is 17.6. The zero-order valence-electron chi connectivity index (χ0n) is 19.7. The Labute approximate surface area is 170 Å². The smallest absolute Gasteiger partial charge is 0.304 e. The van der Waals surface area contributed by atoms with E-state index >= 15 is 0 Å². The van der Waals surface area contributed by atoms with E-state index in [1.54, 1.807) is 0 Å². The molecule has 160 valence electrons. The van der Waals surface area contributed by atoms with E-state index in [-0.39, 0.29) is 0 Å². The van der Waals surface area contributed by atoms with Crippen LogP contribution in [0.15, 0.2) is 0 Å². The van der Waals surface area contributed by atoms with Crippen molar-refractivity contribution in [3.05, 3.63) is 0 Å². The first-order chi connectivity index (χ1) is 12.5. The Bertz CT molecular complexity index is 258. The zero-order chi connectivity index (χ0) is 20.5. The van der Waals surface area contributed by atoms with E-state index in [4.69, 9.17) is 8.85 Å². The summed E-state index contributed by atoms with van der Waals surface area (Å²) in [7, 11) is -2.96. The molecule has 0 aromatic carbocycles. The molecule has 0 radical (unpaired) electrons. The van der Waals surface area contributed by atoms with Crippen molar-refractivity contribution < 1.29 is 8.85 Å². The van der Waals surface area contributed by atoms with Crippen LogP contribution in [0.1, 0.15) is 75.2 Å². The van der Waals surface area contributed by atoms with Gasteiger partial charge in [0.2, 0.25) is 0 Å². The van der Waals surface area contributed by atoms with Crippen molar-refractivity contribution in [2.24, 2.45) is 0 Å². The molecule has 0 atom stereocenters. The van der Waals surface area contributed by atoms with Gasteiger partial charge in [0.25, 0.3) is 0 Å². The van der Waals surface area contributed by atoms with Crippen molar-refractivity contribution in [1.82, 2.24) is 4.23 Å². The van der Waals surface area contributed by atoms with Gasteiger partial charge < -0.3 is 13.1 Å². The summed E-state index contributed by atoms with van der Waals surface area (Å²) in [6, 6.07) is 8.74. The van der Waals surface area contributed by atoms with Crippen LogP contribution >= 0.6 is 0 Å². The van der Waals surface area contributed by atoms with Gasteiger partial charge >= 0.3 is 10.0 Å². The molecule has 0 aliphatic carbocycles. The second-order valence-corrected chi connectivity index (χ2v) is 18.9. The van der Waals surface area contributed by atoms with Crippen molar-refractivity contribution >= 4 is 26.5 Å². The van der Waals surface area contributed by atoms with Crippen molar-refractivity contribution in [3.8, 4) is 0 Å². The van der Waals surface area contributed by atoms with Crippen molar-refractivity contribution in [1.29, 1.82) is 0 Å². The highest BCUT2D eigenvalue weighted by atomic mass is 28.4. The maximum absolute atomic E-state index is 4.99. The summed E-state index contributed by atoms with van der Waals surface area (Å²) in [5.41, 5.74) is 0. The van der Waals surface area contributed by atoms with E-state index in [0.717, 1.165) is 13.2 Å². The summed E-state index contributed by atoms with van der Waals surface area (Å²) >= 11 is 0. The highest BCUT2D eigenvalue weighted by Gasteiger charge is 2.45. The molecule has 3 nitrogen and oxygen atoms in total. The van der Waals surface area contributed by atoms with Gasteiger partial charge in [0.1, 0.15) is 16.5 Å². The van der Waals surface area contributed by atoms with Gasteiger partial charge in [-0.15, -0.1) is 0 Å². The molecule has 0 unspecified atom stereocenters. The second-order valence-electron chi connectivity index (χ2n) is 7.18. The lowest BCUT2D eigenvalue weighted by atomic mass is 10.3. The minimum atomic E-state index is -1.19. The third-order valence-electron chi connectivity index (χ3n) is 6.40. The fraction of sp³-hybridized carbons (Fsp3) is 1.00. The highest BCUT2D eigenvalue weighted by Crippen LogP contribution is 2.35. The van der Waals surface area contributed by atoms with E-state index < -0.39 is 26.5 Å². The van der Waals surface area contributed by atoms with Gasteiger partial charge in [-0.25, -0.2) is 0 Å². The molecule has 0 spiro atoms. The van der Waals surface area contributed by atoms with Crippen LogP contribution in [0.2, 0.25) is 36.3 Å². The molecular formula is C20H51NO2Si3. The van der Waals surface area contributed by atoms with Crippen LogP contribution in [-0.2, 0) is 8.85 Å². The van der Waals surface area contributed by atoms with Crippen LogP contribution < -0.4 is 0 Å². The molecule has 0 aromatic rings. The SMILES string of the molecule is CCCCN([Si](CC)(CC)CC)[Si](CC)(CC)CC.CCO[SiH2]OCC. The molecule has 0 saturated carbocycles. The monoisotopic (exact) mass is 421 g/mol. The first-order valence-corrected chi connectivity index (χ1v) is 17.7. The predicted octanol–water partition coefficient (Wildman–Crippen LogP) is 6.16. The average Bonchev–Trinajstić information content (AvgIpc) is 2.69. The van der Waals surface area contributed by atoms with Crippen LogP contribution in [0, 0.1) is 0 Å². The van der Waals surface area contributed by atoms with Crippen LogP contribution in [0.3, 0.4) is 0 Å². The maximum Gasteiger partial charge on any atom is 0.304 e. The van der Waals surface area contributed by atoms with Gasteiger partial charge in [-0.1, -0.05) is 54.9 Å². The third kappa shape index (κ3) is 9.15. The minimum Gasteiger partial charge on any atom is -0.399 e. The molecule has 0 fully saturated rings. The van der Waals surface area contributed by atoms with Gasteiger partial charge in [-0.2, -0.15) is 0 Å². The van der Waals surface area contributed by atoms with Crippen LogP contribution in [0.4, 0.5) is 0 Å². The molecular weight excluding hydrogens is 370 g/mol. The van der Waals surface area contributed by atoms with Crippen LogP contribution in [0.25, 0.3) is 0 Å². The highest BCUT2D eigenvalue weighted by molar-refractivity contribution is 6.92. The molecule has 0 heterocycles. The molecule has 0 N–H and O–H groups in total. The average molecular weight is 422 g/mol. The first kappa shape index (κ1) is 28.7. The number of unbranched alkanes of at least 4 members (excludes halogenated alkanes) is 1. The lowest BCUT2D eigenvalue weighted by Crippen LogP contribution is -2.66. The Morgan fingerprint density at radius 2 is 0.962 bits per heavy atom. The Morgan fingerprint density at radius 3 is 1.19 bits per heavy atom. The number of hydrogen-bond acceptors (Lipinski definition) is 3. The Balaban J connectivity index is 0. The van der Waals surface area contributed by atoms with Gasteiger partial charge in [-0.05, 0) is 63.1 Å². The zero-order valence-corrected chi connectivity index (χ0v) is 23.2. The molecule has 0 amide bonds. The number of rotatable bonds is 15. The Morgan fingerprint density at radius 1 is 0.615 bits per heavy atom. The van der Waals surface area contributed by atoms with Gasteiger partial charge in [0, 0.05) is 13.2 Å². The Hall–Kier alpha value is 0.531. The van der Waals surface area contributed by atoms with E-state index in [1.807, 2.05) is 13.8 Å². The third-order valence-corrected chi connectivity index (χ3v) is 21.0. The number of hydrogen-bond donors (Lipinski definition) is 0. The van der Waals surface area contributed by atoms with Gasteiger partial charge in [0.15, 0.2) is 0 Å². The summed E-state index contributed by atoms with van der Waals surface area (Å²) < 4.78 is 13.2. The summed E-state index contributed by atoms with van der Waals surface area (Å²) in [4.78, 5) is 0. The molecule has 0 bridgehead atoms. The molecule has 0 aliphatic heterocycles. The molecule has 26 heavy (non-hydrogen) atoms. The van der Waals surface area contributed by atoms with E-state index in [9.17, 15) is 0 Å². The molecule has 0 aliphatic rings. The topological polar surface area (TPSA) is 21.7 Å². The molecule has 0 aromatic heterocycles. The Kier molecular flexibility index (Phi) is 19.5. The van der Waals surface area contributed by atoms with E-state index in [1.165, 1.54) is 55.7 Å². The summed E-state index contributed by atoms with van der Waals surface area (Å²) in [5.74, 6) is 0. The van der Waals surface area contributed by atoms with Gasteiger partial charge in [0.05, 0.1) is 0 Å². The predicted molar refractivity (Wildman–Crippen MR) is 128 cm³/mol. The minimum absolute atomic E-state index is 0.589. The molecule has 0 saturated heterocycles. The van der Waals surface area contributed by atoms with Gasteiger partial charge in [-0.3, -0.25) is 0 Å². The summed E-state index contributed by atoms with van der Waals surface area (Å²) in [6.45, 7) is 24.1. The van der Waals surface area contributed by atoms with E-state index in [2.05, 4.69) is 52.7 Å². The largest absolute Gasteiger partial charge is 0.399 e. The van der Waals surface area contributed by atoms with E-state index in [0.29, 0.717) is 0 Å². The fourth-order valence-electron chi connectivity index (χ4n) is 4.16. The van der Waals surface area contributed by atoms with Crippen molar-refractivity contribution in [2.45, 2.75) is 111 Å². The summed E-state index contributed by atoms with van der Waals surface area (Å²) in [5, 5.41) is 0. The fourth-order valence-corrected chi connectivity index (χ4v) is 18.0. The lowest BCUT2D eigenvalue weighted by molar-refractivity contribution is 0.240. The summed E-state index contributed by atoms with van der Waals surface area (Å²) in [6.07, 6.45) is 2.75. The number of nitrogens with zero attached hydrogens (tertiary/aromatic N) is 1. The normalized spacial score (nSPS) is 12.2.